The monoisotopic (exact) mass is 568 g/mol. The van der Waals surface area contributed by atoms with Crippen molar-refractivity contribution in [1.82, 2.24) is 0 Å². The second kappa shape index (κ2) is 15.3. The average molecular weight is 569 g/mol. The summed E-state index contributed by atoms with van der Waals surface area (Å²) >= 11 is 0. The van der Waals surface area contributed by atoms with Crippen molar-refractivity contribution in [2.45, 2.75) is 78.1 Å². The van der Waals surface area contributed by atoms with Crippen molar-refractivity contribution >= 4 is 17.5 Å². The molecule has 1 N–H and O–H groups in total. The van der Waals surface area contributed by atoms with Gasteiger partial charge in [-0.05, 0) is 62.4 Å². The van der Waals surface area contributed by atoms with Crippen molar-refractivity contribution < 1.29 is 37.7 Å². The number of unbranched alkanes of at least 4 members (excludes halogenated alkanes) is 7. The van der Waals surface area contributed by atoms with E-state index in [9.17, 15) is 28.3 Å². The summed E-state index contributed by atoms with van der Waals surface area (Å²) in [5.74, 6) is -2.50. The van der Waals surface area contributed by atoms with E-state index in [1.54, 1.807) is 6.92 Å². The van der Waals surface area contributed by atoms with Gasteiger partial charge in [0.25, 0.3) is 0 Å². The number of allylic oxidation sites excluding steroid dienone is 3. The molecule has 0 saturated carbocycles. The summed E-state index contributed by atoms with van der Waals surface area (Å²) in [7, 11) is 1.43. The van der Waals surface area contributed by atoms with Gasteiger partial charge in [-0.2, -0.15) is 0 Å². The quantitative estimate of drug-likeness (QED) is 0.134. The number of carbonyl (C=O) groups is 3. The first-order valence-corrected chi connectivity index (χ1v) is 14.2. The maximum Gasteiger partial charge on any atom is 0.341 e. The Morgan fingerprint density at radius 2 is 1.51 bits per heavy atom. The van der Waals surface area contributed by atoms with Crippen LogP contribution >= 0.6 is 0 Å². The van der Waals surface area contributed by atoms with Crippen LogP contribution in [0.4, 0.5) is 8.78 Å². The van der Waals surface area contributed by atoms with E-state index in [1.807, 2.05) is 6.92 Å². The van der Waals surface area contributed by atoms with Crippen molar-refractivity contribution in [2.24, 2.45) is 0 Å². The molecule has 1 aliphatic rings. The van der Waals surface area contributed by atoms with Gasteiger partial charge in [-0.3, -0.25) is 9.59 Å². The average Bonchev–Trinajstić information content (AvgIpc) is 2.95. The number of halogens is 2. The van der Waals surface area contributed by atoms with Gasteiger partial charge in [0.2, 0.25) is 5.78 Å². The van der Waals surface area contributed by atoms with Crippen LogP contribution in [0.1, 0.15) is 88.4 Å². The molecule has 0 bridgehead atoms. The summed E-state index contributed by atoms with van der Waals surface area (Å²) < 4.78 is 37.8. The highest BCUT2D eigenvalue weighted by Crippen LogP contribution is 2.31. The lowest BCUT2D eigenvalue weighted by Gasteiger charge is -2.20. The van der Waals surface area contributed by atoms with Crippen molar-refractivity contribution in [3.63, 3.8) is 0 Å². The highest BCUT2D eigenvalue weighted by atomic mass is 19.1. The Kier molecular flexibility index (Phi) is 11.8. The predicted molar refractivity (Wildman–Crippen MR) is 152 cm³/mol. The first kappa shape index (κ1) is 31.7. The maximum atomic E-state index is 14.1. The summed E-state index contributed by atoms with van der Waals surface area (Å²) in [6.07, 6.45) is 8.58. The Hall–Kier alpha value is -3.81. The molecule has 0 amide bonds. The number of aromatic hydroxyl groups is 1. The minimum absolute atomic E-state index is 0.0631. The van der Waals surface area contributed by atoms with E-state index < -0.39 is 17.6 Å². The zero-order valence-corrected chi connectivity index (χ0v) is 24.0. The zero-order chi connectivity index (χ0) is 29.9. The number of benzene rings is 2. The van der Waals surface area contributed by atoms with Crippen LogP contribution in [0.5, 0.6) is 5.75 Å². The topological polar surface area (TPSA) is 89.9 Å². The lowest BCUT2D eigenvalue weighted by molar-refractivity contribution is -0.119. The number of phenolic OH excluding ortho intramolecular Hbond substituents is 1. The molecule has 0 heterocycles. The van der Waals surface area contributed by atoms with Crippen LogP contribution < -0.4 is 0 Å². The Morgan fingerprint density at radius 1 is 0.854 bits per heavy atom. The fraction of sp³-hybridized carbons (Fsp3) is 0.424. The molecule has 0 aliphatic heterocycles. The lowest BCUT2D eigenvalue weighted by Crippen LogP contribution is -2.23. The lowest BCUT2D eigenvalue weighted by atomic mass is 9.85. The van der Waals surface area contributed by atoms with Gasteiger partial charge in [0.05, 0.1) is 13.7 Å². The third kappa shape index (κ3) is 8.12. The molecule has 8 heteroatoms. The number of esters is 1. The van der Waals surface area contributed by atoms with Crippen LogP contribution in [-0.2, 0) is 19.1 Å². The molecule has 0 fully saturated rings. The van der Waals surface area contributed by atoms with E-state index in [2.05, 4.69) is 0 Å². The first-order chi connectivity index (χ1) is 19.7. The molecular weight excluding hydrogens is 530 g/mol. The van der Waals surface area contributed by atoms with Crippen molar-refractivity contribution in [3.05, 3.63) is 76.1 Å². The minimum atomic E-state index is -0.762. The van der Waals surface area contributed by atoms with Crippen molar-refractivity contribution in [2.75, 3.05) is 13.7 Å². The van der Waals surface area contributed by atoms with Crippen LogP contribution in [0.2, 0.25) is 0 Å². The second-order valence-corrected chi connectivity index (χ2v) is 10.2. The normalized spacial score (nSPS) is 13.7. The van der Waals surface area contributed by atoms with E-state index in [-0.39, 0.29) is 40.8 Å². The van der Waals surface area contributed by atoms with E-state index in [4.69, 9.17) is 9.47 Å². The number of hydrogen-bond acceptors (Lipinski definition) is 6. The molecule has 2 aromatic carbocycles. The molecule has 0 aromatic heterocycles. The standard InChI is InChI=1S/C33H38F2O6/c1-4-24-31(38)25(21(2)30(37)32(24)40-3)13-11-9-7-5-6-8-10-12-18-41-33(39)27-19-22(14-17-29(27)36)26-16-15-23(34)20-28(26)35/h14-17,19-20,36H,4-13,18H2,1-3H3. The zero-order valence-electron chi connectivity index (χ0n) is 24.0. The fourth-order valence-corrected chi connectivity index (χ4v) is 5.04. The summed E-state index contributed by atoms with van der Waals surface area (Å²) in [5.41, 5.74) is 1.96. The van der Waals surface area contributed by atoms with E-state index in [0.717, 1.165) is 57.1 Å². The Morgan fingerprint density at radius 3 is 2.15 bits per heavy atom. The van der Waals surface area contributed by atoms with Crippen LogP contribution in [0.15, 0.2) is 58.9 Å². The number of methoxy groups -OCH3 is 1. The molecule has 220 valence electrons. The Labute approximate surface area is 240 Å². The molecule has 0 atom stereocenters. The number of ketones is 2. The van der Waals surface area contributed by atoms with Gasteiger partial charge in [-0.25, -0.2) is 13.6 Å². The van der Waals surface area contributed by atoms with Crippen LogP contribution in [0.3, 0.4) is 0 Å². The maximum absolute atomic E-state index is 14.1. The van der Waals surface area contributed by atoms with Crippen LogP contribution in [0, 0.1) is 11.6 Å². The first-order valence-electron chi connectivity index (χ1n) is 14.2. The van der Waals surface area contributed by atoms with E-state index >= 15 is 0 Å². The van der Waals surface area contributed by atoms with Gasteiger partial charge in [-0.1, -0.05) is 51.5 Å². The molecular formula is C33H38F2O6. The third-order valence-electron chi connectivity index (χ3n) is 7.39. The summed E-state index contributed by atoms with van der Waals surface area (Å²) in [6.45, 7) is 3.76. The van der Waals surface area contributed by atoms with Gasteiger partial charge in [0.1, 0.15) is 22.9 Å². The SMILES string of the molecule is CCC1=C(OC)C(=O)C(C)=C(CCCCCCCCCCOC(=O)c2cc(-c3ccc(F)cc3F)ccc2O)C1=O. The van der Waals surface area contributed by atoms with Gasteiger partial charge < -0.3 is 14.6 Å². The molecule has 0 radical (unpaired) electrons. The Balaban J connectivity index is 1.31. The van der Waals surface area contributed by atoms with Crippen LogP contribution in [-0.4, -0.2) is 36.4 Å². The number of phenols is 1. The van der Waals surface area contributed by atoms with Crippen LogP contribution in [0.25, 0.3) is 11.1 Å². The smallest absolute Gasteiger partial charge is 0.341 e. The van der Waals surface area contributed by atoms with Gasteiger partial charge in [0.15, 0.2) is 11.5 Å². The van der Waals surface area contributed by atoms with Gasteiger partial charge in [0, 0.05) is 28.3 Å². The molecule has 0 saturated heterocycles. The summed E-state index contributed by atoms with van der Waals surface area (Å²) in [4.78, 5) is 37.8. The van der Waals surface area contributed by atoms with Crippen molar-refractivity contribution in [3.8, 4) is 16.9 Å². The third-order valence-corrected chi connectivity index (χ3v) is 7.39. The van der Waals surface area contributed by atoms with E-state index in [0.29, 0.717) is 41.5 Å². The Bertz CT molecular complexity index is 1340. The highest BCUT2D eigenvalue weighted by Gasteiger charge is 2.31. The number of Topliss-reactive ketones (excluding diaryl/α,β-unsaturated/α-hetero) is 2. The second-order valence-electron chi connectivity index (χ2n) is 10.2. The molecule has 3 rings (SSSR count). The molecule has 0 spiro atoms. The van der Waals surface area contributed by atoms with Crippen molar-refractivity contribution in [1.29, 1.82) is 0 Å². The van der Waals surface area contributed by atoms with Gasteiger partial charge in [-0.15, -0.1) is 0 Å². The van der Waals surface area contributed by atoms with E-state index in [1.165, 1.54) is 31.4 Å². The summed E-state index contributed by atoms with van der Waals surface area (Å²) in [5, 5.41) is 10.1. The number of carbonyl (C=O) groups excluding carboxylic acids is 3. The highest BCUT2D eigenvalue weighted by molar-refractivity contribution is 6.24. The number of rotatable bonds is 15. The molecule has 1 aliphatic carbocycles. The van der Waals surface area contributed by atoms with Gasteiger partial charge >= 0.3 is 5.97 Å². The largest absolute Gasteiger partial charge is 0.507 e. The number of ether oxygens (including phenoxy) is 2. The fourth-order valence-electron chi connectivity index (χ4n) is 5.04. The molecule has 0 unspecified atom stereocenters. The molecule has 41 heavy (non-hydrogen) atoms. The molecule has 2 aromatic rings. The molecule has 6 nitrogen and oxygen atoms in total. The summed E-state index contributed by atoms with van der Waals surface area (Å²) in [6, 6.07) is 7.25. The number of hydrogen-bond donors (Lipinski definition) is 1. The predicted octanol–water partition coefficient (Wildman–Crippen LogP) is 7.78. The minimum Gasteiger partial charge on any atom is -0.507 e.